The number of rotatable bonds is 5. The largest absolute Gasteiger partial charge is 0.346 e. The summed E-state index contributed by atoms with van der Waals surface area (Å²) >= 11 is 0. The molecule has 0 radical (unpaired) electrons. The summed E-state index contributed by atoms with van der Waals surface area (Å²) in [6, 6.07) is 15.4. The van der Waals surface area contributed by atoms with Crippen LogP contribution in [0.2, 0.25) is 0 Å². The van der Waals surface area contributed by atoms with Crippen LogP contribution < -0.4 is 10.5 Å². The average molecular weight is 330 g/mol. The van der Waals surface area contributed by atoms with Gasteiger partial charge in [0.15, 0.2) is 0 Å². The summed E-state index contributed by atoms with van der Waals surface area (Å²) in [5.41, 5.74) is 1.73. The molecule has 1 atom stereocenters. The molecule has 120 valence electrons. The van der Waals surface area contributed by atoms with Crippen molar-refractivity contribution in [2.75, 3.05) is 0 Å². The molecule has 0 heterocycles. The third kappa shape index (κ3) is 5.05. The Bertz CT molecular complexity index is 797. The normalized spacial score (nSPS) is 13.0. The zero-order chi connectivity index (χ0) is 16.9. The first-order chi connectivity index (χ1) is 10.9. The molecule has 2 aromatic carbocycles. The molecule has 0 saturated heterocycles. The molecule has 6 heteroatoms. The summed E-state index contributed by atoms with van der Waals surface area (Å²) in [5, 5.41) is 7.87. The van der Waals surface area contributed by atoms with E-state index in [9.17, 15) is 13.2 Å². The third-order valence-corrected chi connectivity index (χ3v) is 4.22. The number of nitrogens with one attached hydrogen (secondary N) is 1. The van der Waals surface area contributed by atoms with Crippen molar-refractivity contribution >= 4 is 22.0 Å². The Morgan fingerprint density at radius 2 is 1.70 bits per heavy atom. The Balaban J connectivity index is 2.00. The van der Waals surface area contributed by atoms with Crippen LogP contribution in [-0.2, 0) is 14.8 Å². The highest BCUT2D eigenvalue weighted by atomic mass is 32.2. The summed E-state index contributed by atoms with van der Waals surface area (Å²) in [6.45, 7) is 1.82. The van der Waals surface area contributed by atoms with Crippen molar-refractivity contribution in [1.82, 2.24) is 5.32 Å². The molecule has 2 aromatic rings. The molecule has 0 aliphatic heterocycles. The molecule has 3 N–H and O–H groups in total. The molecular formula is C17H18N2O3S. The predicted molar refractivity (Wildman–Crippen MR) is 89.8 cm³/mol. The van der Waals surface area contributed by atoms with Gasteiger partial charge in [0, 0.05) is 6.08 Å². The lowest BCUT2D eigenvalue weighted by atomic mass is 10.1. The minimum absolute atomic E-state index is 0.0451. The van der Waals surface area contributed by atoms with Crippen molar-refractivity contribution in [2.45, 2.75) is 17.9 Å². The van der Waals surface area contributed by atoms with E-state index in [1.807, 2.05) is 37.3 Å². The van der Waals surface area contributed by atoms with Crippen molar-refractivity contribution in [3.63, 3.8) is 0 Å². The van der Waals surface area contributed by atoms with Crippen LogP contribution in [0.4, 0.5) is 0 Å². The van der Waals surface area contributed by atoms with Crippen LogP contribution in [0.3, 0.4) is 0 Å². The molecule has 0 spiro atoms. The lowest BCUT2D eigenvalue weighted by Crippen LogP contribution is -2.24. The van der Waals surface area contributed by atoms with Gasteiger partial charge in [0.25, 0.3) is 0 Å². The quantitative estimate of drug-likeness (QED) is 0.824. The molecule has 2 rings (SSSR count). The van der Waals surface area contributed by atoms with E-state index in [1.54, 1.807) is 18.2 Å². The zero-order valence-electron chi connectivity index (χ0n) is 12.6. The second-order valence-electron chi connectivity index (χ2n) is 5.09. The smallest absolute Gasteiger partial charge is 0.244 e. The fourth-order valence-corrected chi connectivity index (χ4v) is 2.54. The zero-order valence-corrected chi connectivity index (χ0v) is 13.5. The number of sulfonamides is 1. The summed E-state index contributed by atoms with van der Waals surface area (Å²) in [6.07, 6.45) is 3.19. The SMILES string of the molecule is CC(NC(=O)/C=C/c1ccccc1)c1ccc(S(N)(=O)=O)cc1. The molecule has 23 heavy (non-hydrogen) atoms. The summed E-state index contributed by atoms with van der Waals surface area (Å²) in [4.78, 5) is 12.0. The van der Waals surface area contributed by atoms with Gasteiger partial charge >= 0.3 is 0 Å². The van der Waals surface area contributed by atoms with Crippen LogP contribution in [0, 0.1) is 0 Å². The summed E-state index contributed by atoms with van der Waals surface area (Å²) < 4.78 is 22.4. The van der Waals surface area contributed by atoms with E-state index in [0.717, 1.165) is 11.1 Å². The van der Waals surface area contributed by atoms with E-state index < -0.39 is 10.0 Å². The van der Waals surface area contributed by atoms with E-state index in [1.165, 1.54) is 18.2 Å². The fraction of sp³-hybridized carbons (Fsp3) is 0.118. The van der Waals surface area contributed by atoms with Crippen LogP contribution in [0.5, 0.6) is 0 Å². The minimum atomic E-state index is -3.71. The van der Waals surface area contributed by atoms with E-state index in [4.69, 9.17) is 5.14 Å². The van der Waals surface area contributed by atoms with E-state index in [0.29, 0.717) is 0 Å². The molecule has 1 amide bonds. The van der Waals surface area contributed by atoms with Crippen LogP contribution in [0.15, 0.2) is 65.6 Å². The van der Waals surface area contributed by atoms with Crippen molar-refractivity contribution in [3.05, 3.63) is 71.8 Å². The monoisotopic (exact) mass is 330 g/mol. The van der Waals surface area contributed by atoms with E-state index in [-0.39, 0.29) is 16.8 Å². The van der Waals surface area contributed by atoms with Gasteiger partial charge in [-0.2, -0.15) is 0 Å². The maximum absolute atomic E-state index is 11.9. The highest BCUT2D eigenvalue weighted by molar-refractivity contribution is 7.89. The van der Waals surface area contributed by atoms with Crippen LogP contribution >= 0.6 is 0 Å². The molecule has 0 aliphatic rings. The Morgan fingerprint density at radius 3 is 2.26 bits per heavy atom. The summed E-state index contributed by atoms with van der Waals surface area (Å²) in [5.74, 6) is -0.225. The van der Waals surface area contributed by atoms with Gasteiger partial charge in [-0.3, -0.25) is 4.79 Å². The van der Waals surface area contributed by atoms with Gasteiger partial charge in [-0.15, -0.1) is 0 Å². The van der Waals surface area contributed by atoms with Gasteiger partial charge in [0.1, 0.15) is 0 Å². The highest BCUT2D eigenvalue weighted by Gasteiger charge is 2.11. The van der Waals surface area contributed by atoms with Crippen LogP contribution in [0.25, 0.3) is 6.08 Å². The van der Waals surface area contributed by atoms with Gasteiger partial charge in [-0.05, 0) is 36.3 Å². The van der Waals surface area contributed by atoms with Crippen molar-refractivity contribution in [1.29, 1.82) is 0 Å². The number of benzene rings is 2. The van der Waals surface area contributed by atoms with Crippen molar-refractivity contribution in [3.8, 4) is 0 Å². The molecule has 0 bridgehead atoms. The van der Waals surface area contributed by atoms with Gasteiger partial charge in [-0.1, -0.05) is 42.5 Å². The Kier molecular flexibility index (Phi) is 5.31. The number of hydrogen-bond acceptors (Lipinski definition) is 3. The van der Waals surface area contributed by atoms with E-state index >= 15 is 0 Å². The minimum Gasteiger partial charge on any atom is -0.346 e. The number of nitrogens with two attached hydrogens (primary N) is 1. The Hall–Kier alpha value is -2.44. The fourth-order valence-electron chi connectivity index (χ4n) is 2.03. The number of amides is 1. The first-order valence-electron chi connectivity index (χ1n) is 7.02. The lowest BCUT2D eigenvalue weighted by molar-refractivity contribution is -0.117. The summed E-state index contributed by atoms with van der Waals surface area (Å²) in [7, 11) is -3.71. The van der Waals surface area contributed by atoms with Gasteiger partial charge < -0.3 is 5.32 Å². The van der Waals surface area contributed by atoms with Crippen molar-refractivity contribution < 1.29 is 13.2 Å². The van der Waals surface area contributed by atoms with Crippen molar-refractivity contribution in [2.24, 2.45) is 5.14 Å². The highest BCUT2D eigenvalue weighted by Crippen LogP contribution is 2.15. The molecule has 0 fully saturated rings. The first kappa shape index (κ1) is 16.9. The topological polar surface area (TPSA) is 89.3 Å². The average Bonchev–Trinajstić information content (AvgIpc) is 2.53. The van der Waals surface area contributed by atoms with Gasteiger partial charge in [-0.25, -0.2) is 13.6 Å². The Labute approximate surface area is 135 Å². The third-order valence-electron chi connectivity index (χ3n) is 3.29. The molecule has 0 saturated carbocycles. The van der Waals surface area contributed by atoms with Gasteiger partial charge in [0.2, 0.25) is 15.9 Å². The maximum atomic E-state index is 11.9. The first-order valence-corrected chi connectivity index (χ1v) is 8.57. The van der Waals surface area contributed by atoms with Crippen LogP contribution in [0.1, 0.15) is 24.1 Å². The molecule has 1 unspecified atom stereocenters. The number of primary sulfonamides is 1. The lowest BCUT2D eigenvalue weighted by Gasteiger charge is -2.13. The second-order valence-corrected chi connectivity index (χ2v) is 6.65. The standard InChI is InChI=1S/C17H18N2O3S/c1-13(15-8-10-16(11-9-15)23(18,21)22)19-17(20)12-7-14-5-3-2-4-6-14/h2-13H,1H3,(H,19,20)(H2,18,21,22)/b12-7+. The number of hydrogen-bond donors (Lipinski definition) is 2. The Morgan fingerprint density at radius 1 is 1.09 bits per heavy atom. The van der Waals surface area contributed by atoms with Crippen LogP contribution in [-0.4, -0.2) is 14.3 Å². The molecular weight excluding hydrogens is 312 g/mol. The maximum Gasteiger partial charge on any atom is 0.244 e. The number of carbonyl (C=O) groups is 1. The molecule has 5 nitrogen and oxygen atoms in total. The number of carbonyl (C=O) groups excluding carboxylic acids is 1. The van der Waals surface area contributed by atoms with Gasteiger partial charge in [0.05, 0.1) is 10.9 Å². The molecule has 0 aliphatic carbocycles. The predicted octanol–water partition coefficient (Wildman–Crippen LogP) is 2.22. The van der Waals surface area contributed by atoms with E-state index in [2.05, 4.69) is 5.32 Å². The second kappa shape index (κ2) is 7.21. The molecule has 0 aromatic heterocycles.